The molecule has 2 N–H and O–H groups in total. The molecule has 3 aromatic heterocycles. The van der Waals surface area contributed by atoms with Crippen LogP contribution in [0.25, 0.3) is 10.2 Å². The highest BCUT2D eigenvalue weighted by molar-refractivity contribution is 7.18. The van der Waals surface area contributed by atoms with Crippen LogP contribution in [0.15, 0.2) is 12.3 Å². The van der Waals surface area contributed by atoms with Crippen molar-refractivity contribution in [1.29, 1.82) is 0 Å². The summed E-state index contributed by atoms with van der Waals surface area (Å²) in [6.07, 6.45) is 1.52. The molecule has 3 rings (SSSR count). The first kappa shape index (κ1) is 13.4. The summed E-state index contributed by atoms with van der Waals surface area (Å²) in [5.74, 6) is 0.713. The number of hydrogen-bond donors (Lipinski definition) is 1. The average molecular weight is 304 g/mol. The molecule has 0 atom stereocenters. The fourth-order valence-corrected chi connectivity index (χ4v) is 3.13. The lowest BCUT2D eigenvalue weighted by Gasteiger charge is -2.01. The van der Waals surface area contributed by atoms with E-state index < -0.39 is 4.92 Å². The lowest BCUT2D eigenvalue weighted by Crippen LogP contribution is -2.07. The van der Waals surface area contributed by atoms with E-state index in [0.717, 1.165) is 20.7 Å². The van der Waals surface area contributed by atoms with E-state index in [1.807, 2.05) is 13.8 Å². The summed E-state index contributed by atoms with van der Waals surface area (Å²) >= 11 is 1.56. The first-order chi connectivity index (χ1) is 9.95. The largest absolute Gasteiger partial charge is 0.389 e. The molecule has 0 aromatic carbocycles. The second-order valence-corrected chi connectivity index (χ2v) is 5.82. The number of rotatable bonds is 3. The van der Waals surface area contributed by atoms with Crippen LogP contribution in [-0.4, -0.2) is 24.7 Å². The number of anilines is 1. The molecule has 0 aliphatic carbocycles. The maximum absolute atomic E-state index is 10.6. The lowest BCUT2D eigenvalue weighted by molar-refractivity contribution is -0.389. The van der Waals surface area contributed by atoms with Crippen molar-refractivity contribution in [2.24, 2.45) is 0 Å². The molecule has 0 aliphatic heterocycles. The molecule has 21 heavy (non-hydrogen) atoms. The average Bonchev–Trinajstić information content (AvgIpc) is 2.96. The number of nitrogens with zero attached hydrogens (tertiary/aromatic N) is 5. The summed E-state index contributed by atoms with van der Waals surface area (Å²) < 4.78 is 1.42. The van der Waals surface area contributed by atoms with E-state index in [1.165, 1.54) is 16.9 Å². The van der Waals surface area contributed by atoms with Crippen molar-refractivity contribution in [3.05, 3.63) is 38.6 Å². The Hall–Kier alpha value is -2.55. The topological polar surface area (TPSA) is 113 Å². The van der Waals surface area contributed by atoms with Gasteiger partial charge in [-0.15, -0.1) is 11.3 Å². The maximum Gasteiger partial charge on any atom is 0.389 e. The van der Waals surface area contributed by atoms with E-state index >= 15 is 0 Å². The summed E-state index contributed by atoms with van der Waals surface area (Å²) in [4.78, 5) is 20.8. The van der Waals surface area contributed by atoms with Gasteiger partial charge < -0.3 is 15.8 Å². The van der Waals surface area contributed by atoms with E-state index in [9.17, 15) is 10.1 Å². The Kier molecular flexibility index (Phi) is 3.05. The monoisotopic (exact) mass is 304 g/mol. The van der Waals surface area contributed by atoms with Gasteiger partial charge in [0.05, 0.1) is 22.7 Å². The van der Waals surface area contributed by atoms with Crippen molar-refractivity contribution in [2.45, 2.75) is 20.4 Å². The van der Waals surface area contributed by atoms with Crippen LogP contribution in [0.3, 0.4) is 0 Å². The van der Waals surface area contributed by atoms with Crippen molar-refractivity contribution < 1.29 is 4.92 Å². The summed E-state index contributed by atoms with van der Waals surface area (Å²) in [5, 5.41) is 15.3. The molecule has 3 heterocycles. The highest BCUT2D eigenvalue weighted by Gasteiger charge is 2.15. The molecule has 3 aromatic rings. The fourth-order valence-electron chi connectivity index (χ4n) is 2.08. The molecule has 0 fully saturated rings. The molecule has 0 radical (unpaired) electrons. The number of thiophene rings is 1. The summed E-state index contributed by atoms with van der Waals surface area (Å²) in [6, 6.07) is 1.33. The Balaban J connectivity index is 1.99. The zero-order valence-corrected chi connectivity index (χ0v) is 12.2. The predicted molar refractivity (Wildman–Crippen MR) is 79.3 cm³/mol. The number of aryl methyl sites for hydroxylation is 2. The van der Waals surface area contributed by atoms with Crippen LogP contribution in [-0.2, 0) is 6.54 Å². The van der Waals surface area contributed by atoms with Crippen molar-refractivity contribution in [2.75, 3.05) is 5.73 Å². The van der Waals surface area contributed by atoms with Crippen molar-refractivity contribution in [3.8, 4) is 0 Å². The Labute approximate surface area is 123 Å². The smallest absolute Gasteiger partial charge is 0.383 e. The molecule has 8 nitrogen and oxygen atoms in total. The second kappa shape index (κ2) is 4.77. The van der Waals surface area contributed by atoms with Gasteiger partial charge in [0.1, 0.15) is 17.2 Å². The number of nitro groups is 1. The van der Waals surface area contributed by atoms with Gasteiger partial charge in [0.25, 0.3) is 0 Å². The highest BCUT2D eigenvalue weighted by atomic mass is 32.1. The molecule has 0 bridgehead atoms. The van der Waals surface area contributed by atoms with Gasteiger partial charge in [0.2, 0.25) is 0 Å². The minimum Gasteiger partial charge on any atom is -0.383 e. The Morgan fingerprint density at radius 2 is 2.19 bits per heavy atom. The van der Waals surface area contributed by atoms with Crippen LogP contribution in [0, 0.1) is 24.0 Å². The molecule has 9 heteroatoms. The second-order valence-electron chi connectivity index (χ2n) is 4.62. The molecule has 0 saturated heterocycles. The van der Waals surface area contributed by atoms with Crippen LogP contribution in [0.2, 0.25) is 0 Å². The molecular formula is C12H12N6O2S. The molecular weight excluding hydrogens is 292 g/mol. The number of nitrogens with two attached hydrogens (primary N) is 1. The molecule has 0 aliphatic rings. The predicted octanol–water partition coefficient (Wildman–Crippen LogP) is 2.04. The van der Waals surface area contributed by atoms with E-state index in [0.29, 0.717) is 11.6 Å². The quantitative estimate of drug-likeness (QED) is 0.585. The van der Waals surface area contributed by atoms with Gasteiger partial charge in [-0.25, -0.2) is 9.97 Å². The number of fused-ring (bicyclic) bond motifs is 1. The van der Waals surface area contributed by atoms with Gasteiger partial charge in [-0.05, 0) is 24.3 Å². The van der Waals surface area contributed by atoms with Gasteiger partial charge in [0.15, 0.2) is 5.82 Å². The molecule has 0 unspecified atom stereocenters. The highest BCUT2D eigenvalue weighted by Crippen LogP contribution is 2.31. The van der Waals surface area contributed by atoms with Crippen LogP contribution < -0.4 is 5.73 Å². The van der Waals surface area contributed by atoms with Gasteiger partial charge in [0, 0.05) is 4.88 Å². The fraction of sp³-hybridized carbons (Fsp3) is 0.250. The summed E-state index contributed by atoms with van der Waals surface area (Å²) in [5.41, 5.74) is 7.09. The molecule has 0 saturated carbocycles. The SMILES string of the molecule is Cc1sc2nc(Cn3ccc([N+](=O)[O-])n3)nc(N)c2c1C. The van der Waals surface area contributed by atoms with Crippen LogP contribution >= 0.6 is 11.3 Å². The minimum atomic E-state index is -0.541. The third kappa shape index (κ3) is 2.31. The minimum absolute atomic E-state index is 0.202. The van der Waals surface area contributed by atoms with E-state index in [1.54, 1.807) is 11.3 Å². The lowest BCUT2D eigenvalue weighted by atomic mass is 10.2. The van der Waals surface area contributed by atoms with Crippen molar-refractivity contribution in [1.82, 2.24) is 19.7 Å². The zero-order chi connectivity index (χ0) is 15.1. The van der Waals surface area contributed by atoms with Gasteiger partial charge in [-0.3, -0.25) is 0 Å². The maximum atomic E-state index is 10.6. The van der Waals surface area contributed by atoms with Crippen molar-refractivity contribution in [3.63, 3.8) is 0 Å². The Bertz CT molecular complexity index is 853. The standard InChI is InChI=1S/C12H12N6O2S/c1-6-7(2)21-12-10(6)11(13)14-8(15-12)5-17-4-3-9(16-17)18(19)20/h3-4H,5H2,1-2H3,(H2,13,14,15). The van der Waals surface area contributed by atoms with E-state index in [-0.39, 0.29) is 12.4 Å². The third-order valence-corrected chi connectivity index (χ3v) is 4.32. The molecule has 108 valence electrons. The Morgan fingerprint density at radius 3 is 2.86 bits per heavy atom. The van der Waals surface area contributed by atoms with Gasteiger partial charge in [-0.1, -0.05) is 0 Å². The summed E-state index contributed by atoms with van der Waals surface area (Å²) in [7, 11) is 0. The zero-order valence-electron chi connectivity index (χ0n) is 11.4. The summed E-state index contributed by atoms with van der Waals surface area (Å²) in [6.45, 7) is 4.24. The third-order valence-electron chi connectivity index (χ3n) is 3.22. The first-order valence-electron chi connectivity index (χ1n) is 6.15. The number of nitrogen functional groups attached to an aromatic ring is 1. The number of hydrogen-bond acceptors (Lipinski definition) is 7. The first-order valence-corrected chi connectivity index (χ1v) is 6.97. The van der Waals surface area contributed by atoms with Crippen LogP contribution in [0.5, 0.6) is 0 Å². The van der Waals surface area contributed by atoms with Crippen LogP contribution in [0.1, 0.15) is 16.3 Å². The Morgan fingerprint density at radius 1 is 1.43 bits per heavy atom. The van der Waals surface area contributed by atoms with E-state index in [4.69, 9.17) is 5.73 Å². The molecule has 0 spiro atoms. The van der Waals surface area contributed by atoms with Crippen molar-refractivity contribution >= 4 is 33.2 Å². The normalized spacial score (nSPS) is 11.1. The number of aromatic nitrogens is 4. The molecule has 0 amide bonds. The van der Waals surface area contributed by atoms with Gasteiger partial charge >= 0.3 is 5.82 Å². The van der Waals surface area contributed by atoms with E-state index in [2.05, 4.69) is 15.1 Å². The van der Waals surface area contributed by atoms with Gasteiger partial charge in [-0.2, -0.15) is 4.68 Å². The van der Waals surface area contributed by atoms with Crippen LogP contribution in [0.4, 0.5) is 11.6 Å².